The number of hydrogen-bond donors (Lipinski definition) is 0. The molecule has 2 aromatic rings. The number of rotatable bonds is 2. The van der Waals surface area contributed by atoms with Gasteiger partial charge in [-0.1, -0.05) is 15.9 Å². The lowest BCUT2D eigenvalue weighted by Crippen LogP contribution is -1.98. The highest BCUT2D eigenvalue weighted by atomic mass is 79.9. The molecule has 2 nitrogen and oxygen atoms in total. The Morgan fingerprint density at radius 2 is 2.13 bits per heavy atom. The van der Waals surface area contributed by atoms with E-state index < -0.39 is 0 Å². The molecule has 1 saturated carbocycles. The van der Waals surface area contributed by atoms with E-state index in [4.69, 9.17) is 0 Å². The minimum absolute atomic E-state index is 0.545. The van der Waals surface area contributed by atoms with Crippen molar-refractivity contribution in [1.29, 1.82) is 0 Å². The van der Waals surface area contributed by atoms with Gasteiger partial charge in [0, 0.05) is 21.4 Å². The van der Waals surface area contributed by atoms with Gasteiger partial charge in [-0.3, -0.25) is 4.79 Å². The van der Waals surface area contributed by atoms with E-state index in [9.17, 15) is 4.79 Å². The fourth-order valence-corrected chi connectivity index (χ4v) is 2.44. The standard InChI is InChI=1S/C12H10BrNO/c13-9-1-4-12-8(5-9)6-11(7-15)14(12)10-2-3-10/h1,4-7,10H,2-3H2. The van der Waals surface area contributed by atoms with Crippen molar-refractivity contribution in [2.75, 3.05) is 0 Å². The number of hydrogen-bond acceptors (Lipinski definition) is 1. The second-order valence-corrected chi connectivity index (χ2v) is 4.91. The number of halogens is 1. The first kappa shape index (κ1) is 9.16. The molecule has 0 N–H and O–H groups in total. The van der Waals surface area contributed by atoms with Gasteiger partial charge >= 0.3 is 0 Å². The van der Waals surface area contributed by atoms with Crippen LogP contribution in [0.3, 0.4) is 0 Å². The molecule has 0 saturated heterocycles. The first-order chi connectivity index (χ1) is 7.29. The SMILES string of the molecule is O=Cc1cc2cc(Br)ccc2n1C1CC1. The monoisotopic (exact) mass is 263 g/mol. The molecule has 76 valence electrons. The summed E-state index contributed by atoms with van der Waals surface area (Å²) in [5.41, 5.74) is 1.97. The molecule has 0 amide bonds. The van der Waals surface area contributed by atoms with E-state index >= 15 is 0 Å². The molecule has 0 aliphatic heterocycles. The van der Waals surface area contributed by atoms with Gasteiger partial charge in [-0.15, -0.1) is 0 Å². The van der Waals surface area contributed by atoms with Crippen LogP contribution in [0, 0.1) is 0 Å². The molecule has 0 atom stereocenters. The molecule has 1 aromatic carbocycles. The Hall–Kier alpha value is -1.09. The van der Waals surface area contributed by atoms with Crippen LogP contribution < -0.4 is 0 Å². The number of carbonyl (C=O) groups excluding carboxylic acids is 1. The predicted molar refractivity (Wildman–Crippen MR) is 63.3 cm³/mol. The van der Waals surface area contributed by atoms with Gasteiger partial charge in [-0.05, 0) is 37.1 Å². The van der Waals surface area contributed by atoms with Crippen LogP contribution in [0.1, 0.15) is 29.4 Å². The van der Waals surface area contributed by atoms with Gasteiger partial charge in [0.25, 0.3) is 0 Å². The van der Waals surface area contributed by atoms with Crippen LogP contribution >= 0.6 is 15.9 Å². The lowest BCUT2D eigenvalue weighted by Gasteiger charge is -2.04. The molecule has 0 spiro atoms. The quantitative estimate of drug-likeness (QED) is 0.760. The second kappa shape index (κ2) is 3.20. The van der Waals surface area contributed by atoms with Crippen molar-refractivity contribution in [1.82, 2.24) is 4.57 Å². The summed E-state index contributed by atoms with van der Waals surface area (Å²) in [7, 11) is 0. The van der Waals surface area contributed by atoms with Gasteiger partial charge in [0.15, 0.2) is 6.29 Å². The molecule has 0 radical (unpaired) electrons. The fourth-order valence-electron chi connectivity index (χ4n) is 2.06. The molecule has 3 rings (SSSR count). The zero-order valence-electron chi connectivity index (χ0n) is 8.11. The van der Waals surface area contributed by atoms with Crippen LogP contribution in [0.2, 0.25) is 0 Å². The number of nitrogens with zero attached hydrogens (tertiary/aromatic N) is 1. The number of aldehydes is 1. The van der Waals surface area contributed by atoms with Crippen LogP contribution in [-0.4, -0.2) is 10.9 Å². The second-order valence-electron chi connectivity index (χ2n) is 3.99. The van der Waals surface area contributed by atoms with E-state index in [1.807, 2.05) is 12.1 Å². The molecule has 1 aliphatic carbocycles. The van der Waals surface area contributed by atoms with Crippen molar-refractivity contribution >= 4 is 33.1 Å². The van der Waals surface area contributed by atoms with Gasteiger partial charge in [0.2, 0.25) is 0 Å². The maximum Gasteiger partial charge on any atom is 0.166 e. The molecule has 15 heavy (non-hydrogen) atoms. The molecule has 3 heteroatoms. The van der Waals surface area contributed by atoms with E-state index in [0.29, 0.717) is 6.04 Å². The highest BCUT2D eigenvalue weighted by Gasteiger charge is 2.26. The zero-order chi connectivity index (χ0) is 10.4. The number of aromatic nitrogens is 1. The number of fused-ring (bicyclic) bond motifs is 1. The molecule has 1 heterocycles. The van der Waals surface area contributed by atoms with Gasteiger partial charge in [-0.25, -0.2) is 0 Å². The van der Waals surface area contributed by atoms with Crippen molar-refractivity contribution in [3.63, 3.8) is 0 Å². The van der Waals surface area contributed by atoms with Gasteiger partial charge in [0.05, 0.1) is 5.69 Å². The Labute approximate surface area is 96.0 Å². The highest BCUT2D eigenvalue weighted by Crippen LogP contribution is 2.39. The molecule has 1 fully saturated rings. The minimum atomic E-state index is 0.545. The average Bonchev–Trinajstić information content (AvgIpc) is 2.99. The normalized spacial score (nSPS) is 15.8. The highest BCUT2D eigenvalue weighted by molar-refractivity contribution is 9.10. The third kappa shape index (κ3) is 1.42. The van der Waals surface area contributed by atoms with E-state index in [0.717, 1.165) is 21.8 Å². The molecule has 0 bridgehead atoms. The predicted octanol–water partition coefficient (Wildman–Crippen LogP) is 3.55. The Balaban J connectivity index is 2.33. The van der Waals surface area contributed by atoms with Crippen LogP contribution in [0.25, 0.3) is 10.9 Å². The lowest BCUT2D eigenvalue weighted by molar-refractivity contribution is 0.111. The van der Waals surface area contributed by atoms with E-state index in [2.05, 4.69) is 32.6 Å². The van der Waals surface area contributed by atoms with Gasteiger partial charge in [-0.2, -0.15) is 0 Å². The van der Waals surface area contributed by atoms with E-state index in [1.165, 1.54) is 18.4 Å². The molecule has 1 aliphatic rings. The maximum atomic E-state index is 11.0. The first-order valence-electron chi connectivity index (χ1n) is 5.05. The molecule has 1 aromatic heterocycles. The minimum Gasteiger partial charge on any atom is -0.335 e. The smallest absolute Gasteiger partial charge is 0.166 e. The van der Waals surface area contributed by atoms with Gasteiger partial charge < -0.3 is 4.57 Å². The van der Waals surface area contributed by atoms with E-state index in [-0.39, 0.29) is 0 Å². The summed E-state index contributed by atoms with van der Waals surface area (Å²) in [6.45, 7) is 0. The van der Waals surface area contributed by atoms with Gasteiger partial charge in [0.1, 0.15) is 0 Å². The van der Waals surface area contributed by atoms with Crippen LogP contribution in [0.4, 0.5) is 0 Å². The summed E-state index contributed by atoms with van der Waals surface area (Å²) >= 11 is 3.44. The molecule has 0 unspecified atom stereocenters. The maximum absolute atomic E-state index is 11.0. The summed E-state index contributed by atoms with van der Waals surface area (Å²) in [4.78, 5) is 11.0. The Morgan fingerprint density at radius 1 is 1.33 bits per heavy atom. The Morgan fingerprint density at radius 3 is 2.80 bits per heavy atom. The number of carbonyl (C=O) groups is 1. The molecular formula is C12H10BrNO. The van der Waals surface area contributed by atoms with Crippen molar-refractivity contribution in [3.8, 4) is 0 Å². The van der Waals surface area contributed by atoms with Crippen LogP contribution in [0.15, 0.2) is 28.7 Å². The Bertz CT molecular complexity index is 540. The zero-order valence-corrected chi connectivity index (χ0v) is 9.70. The largest absolute Gasteiger partial charge is 0.335 e. The van der Waals surface area contributed by atoms with Crippen molar-refractivity contribution in [2.24, 2.45) is 0 Å². The summed E-state index contributed by atoms with van der Waals surface area (Å²) in [6.07, 6.45) is 3.34. The van der Waals surface area contributed by atoms with E-state index in [1.54, 1.807) is 0 Å². The Kier molecular flexibility index (Phi) is 1.96. The van der Waals surface area contributed by atoms with Crippen LogP contribution in [-0.2, 0) is 0 Å². The summed E-state index contributed by atoms with van der Waals surface area (Å²) in [5, 5.41) is 1.14. The third-order valence-corrected chi connectivity index (χ3v) is 3.36. The molecular weight excluding hydrogens is 254 g/mol. The first-order valence-corrected chi connectivity index (χ1v) is 5.84. The average molecular weight is 264 g/mol. The summed E-state index contributed by atoms with van der Waals surface area (Å²) < 4.78 is 3.22. The topological polar surface area (TPSA) is 22.0 Å². The third-order valence-electron chi connectivity index (χ3n) is 2.86. The fraction of sp³-hybridized carbons (Fsp3) is 0.250. The number of benzene rings is 1. The lowest BCUT2D eigenvalue weighted by atomic mass is 10.2. The summed E-state index contributed by atoms with van der Waals surface area (Å²) in [5.74, 6) is 0. The van der Waals surface area contributed by atoms with Crippen molar-refractivity contribution < 1.29 is 4.79 Å². The van der Waals surface area contributed by atoms with Crippen LogP contribution in [0.5, 0.6) is 0 Å². The van der Waals surface area contributed by atoms with Crippen molar-refractivity contribution in [2.45, 2.75) is 18.9 Å². The van der Waals surface area contributed by atoms with Crippen molar-refractivity contribution in [3.05, 3.63) is 34.4 Å². The summed E-state index contributed by atoms with van der Waals surface area (Å²) in [6, 6.07) is 8.66.